The van der Waals surface area contributed by atoms with Gasteiger partial charge in [0.2, 0.25) is 5.43 Å². The summed E-state index contributed by atoms with van der Waals surface area (Å²) in [6.07, 6.45) is 6.66. The van der Waals surface area contributed by atoms with Crippen LogP contribution in [-0.4, -0.2) is 53.8 Å². The maximum atomic E-state index is 15.3. The molecule has 164 valence electrons. The molecular weight excluding hydrogens is 423 g/mol. The first-order valence-corrected chi connectivity index (χ1v) is 9.73. The van der Waals surface area contributed by atoms with Gasteiger partial charge < -0.3 is 19.5 Å². The second-order valence-electron chi connectivity index (χ2n) is 7.56. The summed E-state index contributed by atoms with van der Waals surface area (Å²) < 4.78 is 44.5. The number of aromatic carboxylic acids is 1. The van der Waals surface area contributed by atoms with E-state index in [9.17, 15) is 23.5 Å². The molecule has 2 heterocycles. The number of aromatic nitrogens is 1. The minimum absolute atomic E-state index is 0.0117. The molecule has 1 aliphatic heterocycles. The van der Waals surface area contributed by atoms with Crippen LogP contribution in [0.2, 0.25) is 0 Å². The lowest BCUT2D eigenvalue weighted by Gasteiger charge is -2.35. The number of likely N-dealkylation sites (N-methyl/N-ethyl adjacent to an activating group) is 1. The lowest BCUT2D eigenvalue weighted by molar-refractivity contribution is 0.0695. The number of fused-ring (bicyclic) bond motifs is 1. The highest BCUT2D eigenvalue weighted by molar-refractivity contribution is 5.97. The zero-order valence-electron chi connectivity index (χ0n) is 17.0. The molecular formula is C23H18F3N3O3. The van der Waals surface area contributed by atoms with Gasteiger partial charge in [-0.3, -0.25) is 4.79 Å². The Balaban J connectivity index is 2.13. The largest absolute Gasteiger partial charge is 0.477 e. The third kappa shape index (κ3) is 3.48. The second kappa shape index (κ2) is 8.05. The van der Waals surface area contributed by atoms with Crippen molar-refractivity contribution in [2.24, 2.45) is 0 Å². The first kappa shape index (κ1) is 21.5. The Morgan fingerprint density at radius 1 is 1.09 bits per heavy atom. The van der Waals surface area contributed by atoms with Crippen LogP contribution in [-0.2, 0) is 0 Å². The SMILES string of the molecule is C#Cc1c(N2CCN(C)CC2)c(F)cc2c(=O)c(C(=O)O)cn(-c3ccc(F)cc3F)c12. The minimum Gasteiger partial charge on any atom is -0.477 e. The third-order valence-corrected chi connectivity index (χ3v) is 5.58. The summed E-state index contributed by atoms with van der Waals surface area (Å²) in [5.74, 6) is -1.78. The molecule has 0 amide bonds. The average molecular weight is 441 g/mol. The predicted molar refractivity (Wildman–Crippen MR) is 114 cm³/mol. The van der Waals surface area contributed by atoms with E-state index in [0.717, 1.165) is 29.0 Å². The van der Waals surface area contributed by atoms with Crippen molar-refractivity contribution in [1.29, 1.82) is 0 Å². The summed E-state index contributed by atoms with van der Waals surface area (Å²) >= 11 is 0. The highest BCUT2D eigenvalue weighted by Gasteiger charge is 2.26. The molecule has 1 saturated heterocycles. The second-order valence-corrected chi connectivity index (χ2v) is 7.56. The normalized spacial score (nSPS) is 14.5. The van der Waals surface area contributed by atoms with Crippen LogP contribution < -0.4 is 10.3 Å². The molecule has 32 heavy (non-hydrogen) atoms. The van der Waals surface area contributed by atoms with Gasteiger partial charge in [0.15, 0.2) is 0 Å². The number of piperazine rings is 1. The summed E-state index contributed by atoms with van der Waals surface area (Å²) in [5, 5.41) is 9.17. The molecule has 0 aliphatic carbocycles. The van der Waals surface area contributed by atoms with E-state index >= 15 is 4.39 Å². The van der Waals surface area contributed by atoms with Crippen LogP contribution in [0, 0.1) is 29.8 Å². The van der Waals surface area contributed by atoms with Crippen LogP contribution in [0.3, 0.4) is 0 Å². The van der Waals surface area contributed by atoms with Crippen molar-refractivity contribution >= 4 is 22.6 Å². The van der Waals surface area contributed by atoms with Gasteiger partial charge in [-0.15, -0.1) is 6.42 Å². The molecule has 0 bridgehead atoms. The predicted octanol–water partition coefficient (Wildman–Crippen LogP) is 2.84. The Bertz CT molecular complexity index is 1350. The molecule has 6 nitrogen and oxygen atoms in total. The third-order valence-electron chi connectivity index (χ3n) is 5.58. The van der Waals surface area contributed by atoms with E-state index in [-0.39, 0.29) is 27.8 Å². The molecule has 0 spiro atoms. The molecule has 0 unspecified atom stereocenters. The summed E-state index contributed by atoms with van der Waals surface area (Å²) in [7, 11) is 1.93. The zero-order valence-corrected chi connectivity index (χ0v) is 17.0. The number of carboxylic acids is 1. The van der Waals surface area contributed by atoms with Gasteiger partial charge in [-0.2, -0.15) is 0 Å². The molecule has 4 rings (SSSR count). The standard InChI is InChI=1S/C23H18F3N3O3/c1-3-14-20-15(11-18(26)21(14)28-8-6-27(2)7-9-28)22(30)16(23(31)32)12-29(20)19-5-4-13(24)10-17(19)25/h1,4-5,10-12H,6-9H2,2H3,(H,31,32). The number of nitrogens with zero attached hydrogens (tertiary/aromatic N) is 3. The van der Waals surface area contributed by atoms with E-state index < -0.39 is 34.4 Å². The number of rotatable bonds is 3. The van der Waals surface area contributed by atoms with Crippen molar-refractivity contribution in [1.82, 2.24) is 9.47 Å². The number of anilines is 1. The molecule has 3 aromatic rings. The Labute approximate surface area is 181 Å². The molecule has 9 heteroatoms. The first-order chi connectivity index (χ1) is 15.2. The lowest BCUT2D eigenvalue weighted by atomic mass is 10.0. The van der Waals surface area contributed by atoms with Crippen LogP contribution in [0.25, 0.3) is 16.6 Å². The summed E-state index contributed by atoms with van der Waals surface area (Å²) in [5.41, 5.74) is -1.84. The summed E-state index contributed by atoms with van der Waals surface area (Å²) in [6, 6.07) is 3.64. The Hall–Kier alpha value is -3.77. The Morgan fingerprint density at radius 2 is 1.78 bits per heavy atom. The number of carboxylic acid groups (broad SMARTS) is 1. The smallest absolute Gasteiger partial charge is 0.341 e. The van der Waals surface area contributed by atoms with E-state index in [2.05, 4.69) is 10.8 Å². The van der Waals surface area contributed by atoms with Crippen LogP contribution in [0.5, 0.6) is 0 Å². The molecule has 0 atom stereocenters. The van der Waals surface area contributed by atoms with Crippen LogP contribution >= 0.6 is 0 Å². The van der Waals surface area contributed by atoms with E-state index in [1.54, 1.807) is 4.90 Å². The fourth-order valence-electron chi connectivity index (χ4n) is 3.95. The molecule has 0 radical (unpaired) electrons. The van der Waals surface area contributed by atoms with Gasteiger partial charge >= 0.3 is 5.97 Å². The number of carbonyl (C=O) groups is 1. The van der Waals surface area contributed by atoms with E-state index in [4.69, 9.17) is 6.42 Å². The van der Waals surface area contributed by atoms with Crippen molar-refractivity contribution in [3.05, 3.63) is 69.3 Å². The van der Waals surface area contributed by atoms with Crippen molar-refractivity contribution in [3.63, 3.8) is 0 Å². The van der Waals surface area contributed by atoms with Crippen molar-refractivity contribution in [3.8, 4) is 18.0 Å². The van der Waals surface area contributed by atoms with Gasteiger partial charge in [0.1, 0.15) is 23.0 Å². The quantitative estimate of drug-likeness (QED) is 0.634. The van der Waals surface area contributed by atoms with Gasteiger partial charge in [-0.05, 0) is 25.2 Å². The van der Waals surface area contributed by atoms with E-state index in [1.165, 1.54) is 0 Å². The molecule has 1 aliphatic rings. The topological polar surface area (TPSA) is 65.8 Å². The molecule has 1 fully saturated rings. The van der Waals surface area contributed by atoms with Crippen LogP contribution in [0.15, 0.2) is 35.3 Å². The Morgan fingerprint density at radius 3 is 2.38 bits per heavy atom. The number of pyridine rings is 1. The monoisotopic (exact) mass is 441 g/mol. The average Bonchev–Trinajstić information content (AvgIpc) is 2.74. The van der Waals surface area contributed by atoms with Crippen molar-refractivity contribution in [2.45, 2.75) is 0 Å². The fourth-order valence-corrected chi connectivity index (χ4v) is 3.95. The van der Waals surface area contributed by atoms with Crippen molar-refractivity contribution in [2.75, 3.05) is 38.1 Å². The van der Waals surface area contributed by atoms with Crippen LogP contribution in [0.4, 0.5) is 18.9 Å². The summed E-state index contributed by atoms with van der Waals surface area (Å²) in [6.45, 7) is 2.24. The van der Waals surface area contributed by atoms with Gasteiger partial charge in [0.05, 0.1) is 27.8 Å². The van der Waals surface area contributed by atoms with E-state index in [1.807, 2.05) is 7.05 Å². The minimum atomic E-state index is -1.57. The Kier molecular flexibility index (Phi) is 5.40. The number of benzene rings is 2. The van der Waals surface area contributed by atoms with Gasteiger partial charge in [0.25, 0.3) is 0 Å². The van der Waals surface area contributed by atoms with E-state index in [0.29, 0.717) is 32.2 Å². The van der Waals surface area contributed by atoms with Crippen LogP contribution in [0.1, 0.15) is 15.9 Å². The molecule has 2 aromatic carbocycles. The zero-order chi connectivity index (χ0) is 23.2. The fraction of sp³-hybridized carbons (Fsp3) is 0.217. The molecule has 0 saturated carbocycles. The van der Waals surface area contributed by atoms with Crippen molar-refractivity contribution < 1.29 is 23.1 Å². The number of halogens is 3. The summed E-state index contributed by atoms with van der Waals surface area (Å²) in [4.78, 5) is 28.3. The number of hydrogen-bond donors (Lipinski definition) is 1. The molecule has 1 aromatic heterocycles. The maximum absolute atomic E-state index is 15.3. The lowest BCUT2D eigenvalue weighted by Crippen LogP contribution is -2.45. The number of hydrogen-bond acceptors (Lipinski definition) is 4. The number of terminal acetylenes is 1. The molecule has 1 N–H and O–H groups in total. The van der Waals surface area contributed by atoms with Gasteiger partial charge in [-0.1, -0.05) is 5.92 Å². The van der Waals surface area contributed by atoms with Gasteiger partial charge in [0, 0.05) is 38.4 Å². The highest BCUT2D eigenvalue weighted by Crippen LogP contribution is 2.33. The first-order valence-electron chi connectivity index (χ1n) is 9.73. The van der Waals surface area contributed by atoms with Gasteiger partial charge in [-0.25, -0.2) is 18.0 Å². The maximum Gasteiger partial charge on any atom is 0.341 e. The highest BCUT2D eigenvalue weighted by atomic mass is 19.1.